The fourth-order valence-electron chi connectivity index (χ4n) is 3.40. The molecular weight excluding hydrogens is 402 g/mol. The van der Waals surface area contributed by atoms with E-state index in [1.165, 1.54) is 7.11 Å². The number of ether oxygens (including phenoxy) is 1. The van der Waals surface area contributed by atoms with Gasteiger partial charge in [0.25, 0.3) is 5.91 Å². The average Bonchev–Trinajstić information content (AvgIpc) is 3.23. The molecule has 4 aromatic rings. The van der Waals surface area contributed by atoms with Gasteiger partial charge in [0, 0.05) is 17.4 Å². The number of carbonyl (C=O) groups excluding carboxylic acids is 2. The van der Waals surface area contributed by atoms with Crippen molar-refractivity contribution in [1.82, 2.24) is 9.78 Å². The Bertz CT molecular complexity index is 1250. The number of nitrogens with zero attached hydrogens (tertiary/aromatic N) is 2. The monoisotopic (exact) mass is 425 g/mol. The lowest BCUT2D eigenvalue weighted by molar-refractivity contribution is 0.0600. The summed E-state index contributed by atoms with van der Waals surface area (Å²) < 4.78 is 6.53. The highest BCUT2D eigenvalue weighted by Crippen LogP contribution is 2.24. The van der Waals surface area contributed by atoms with Gasteiger partial charge < -0.3 is 10.1 Å². The largest absolute Gasteiger partial charge is 0.465 e. The second-order valence-electron chi connectivity index (χ2n) is 7.47. The zero-order chi connectivity index (χ0) is 22.5. The molecule has 0 aliphatic carbocycles. The fourth-order valence-corrected chi connectivity index (χ4v) is 3.40. The molecule has 3 aromatic carbocycles. The molecule has 6 nitrogen and oxygen atoms in total. The summed E-state index contributed by atoms with van der Waals surface area (Å²) >= 11 is 0. The van der Waals surface area contributed by atoms with E-state index in [4.69, 9.17) is 9.84 Å². The van der Waals surface area contributed by atoms with Crippen LogP contribution >= 0.6 is 0 Å². The van der Waals surface area contributed by atoms with Crippen molar-refractivity contribution in [2.75, 3.05) is 12.4 Å². The quantitative estimate of drug-likeness (QED) is 0.444. The molecule has 1 aromatic heterocycles. The van der Waals surface area contributed by atoms with Gasteiger partial charge in [0.05, 0.1) is 24.8 Å². The maximum atomic E-state index is 13.2. The van der Waals surface area contributed by atoms with Crippen LogP contribution in [0.15, 0.2) is 85.1 Å². The van der Waals surface area contributed by atoms with Crippen LogP contribution in [0.1, 0.15) is 31.8 Å². The Balaban J connectivity index is 1.67. The first-order valence-electron chi connectivity index (χ1n) is 10.2. The molecule has 0 saturated heterocycles. The second-order valence-corrected chi connectivity index (χ2v) is 7.47. The maximum Gasteiger partial charge on any atom is 0.337 e. The lowest BCUT2D eigenvalue weighted by Gasteiger charge is -2.07. The molecule has 32 heavy (non-hydrogen) atoms. The third kappa shape index (κ3) is 4.75. The number of hydrogen-bond donors (Lipinski definition) is 1. The number of aryl methyl sites for hydroxylation is 1. The fraction of sp³-hybridized carbons (Fsp3) is 0.115. The van der Waals surface area contributed by atoms with Crippen LogP contribution in [-0.4, -0.2) is 28.8 Å². The first-order chi connectivity index (χ1) is 15.5. The third-order valence-corrected chi connectivity index (χ3v) is 5.06. The van der Waals surface area contributed by atoms with Gasteiger partial charge >= 0.3 is 5.97 Å². The van der Waals surface area contributed by atoms with E-state index < -0.39 is 5.97 Å². The van der Waals surface area contributed by atoms with E-state index in [9.17, 15) is 9.59 Å². The number of rotatable bonds is 6. The summed E-state index contributed by atoms with van der Waals surface area (Å²) in [5, 5.41) is 7.59. The van der Waals surface area contributed by atoms with E-state index in [0.717, 1.165) is 16.7 Å². The number of aromatic nitrogens is 2. The van der Waals surface area contributed by atoms with E-state index in [0.29, 0.717) is 29.1 Å². The molecule has 6 heteroatoms. The number of hydrogen-bond acceptors (Lipinski definition) is 4. The number of benzene rings is 3. The topological polar surface area (TPSA) is 73.2 Å². The molecule has 160 valence electrons. The van der Waals surface area contributed by atoms with E-state index in [1.807, 2.05) is 61.5 Å². The van der Waals surface area contributed by atoms with Gasteiger partial charge in [-0.3, -0.25) is 9.48 Å². The molecular formula is C26H23N3O3. The molecule has 0 atom stereocenters. The molecule has 0 radical (unpaired) electrons. The Morgan fingerprint density at radius 2 is 1.72 bits per heavy atom. The van der Waals surface area contributed by atoms with E-state index in [-0.39, 0.29) is 5.91 Å². The van der Waals surface area contributed by atoms with Gasteiger partial charge in [-0.2, -0.15) is 5.10 Å². The van der Waals surface area contributed by atoms with Crippen LogP contribution in [0.2, 0.25) is 0 Å². The van der Waals surface area contributed by atoms with Gasteiger partial charge in [-0.15, -0.1) is 0 Å². The normalized spacial score (nSPS) is 10.6. The number of methoxy groups -OCH3 is 1. The highest BCUT2D eigenvalue weighted by Gasteiger charge is 2.19. The van der Waals surface area contributed by atoms with Gasteiger partial charge in [-0.1, -0.05) is 66.2 Å². The lowest BCUT2D eigenvalue weighted by Crippen LogP contribution is -2.13. The molecule has 0 spiro atoms. The summed E-state index contributed by atoms with van der Waals surface area (Å²) in [6.07, 6.45) is 1.75. The minimum Gasteiger partial charge on any atom is -0.465 e. The van der Waals surface area contributed by atoms with Crippen LogP contribution in [0.4, 0.5) is 5.69 Å². The van der Waals surface area contributed by atoms with Gasteiger partial charge in [0.2, 0.25) is 0 Å². The van der Waals surface area contributed by atoms with Crippen molar-refractivity contribution in [2.24, 2.45) is 0 Å². The van der Waals surface area contributed by atoms with Crippen LogP contribution in [0, 0.1) is 6.92 Å². The first-order valence-corrected chi connectivity index (χ1v) is 10.2. The summed E-state index contributed by atoms with van der Waals surface area (Å²) in [6, 6.07) is 24.5. The van der Waals surface area contributed by atoms with Crippen molar-refractivity contribution in [3.8, 4) is 11.3 Å². The Kier molecular flexibility index (Phi) is 6.12. The summed E-state index contributed by atoms with van der Waals surface area (Å²) in [5.74, 6) is -0.765. The van der Waals surface area contributed by atoms with Gasteiger partial charge in [-0.25, -0.2) is 4.79 Å². The molecule has 0 bridgehead atoms. The highest BCUT2D eigenvalue weighted by atomic mass is 16.5. The molecule has 0 aliphatic heterocycles. The van der Waals surface area contributed by atoms with Gasteiger partial charge in [0.15, 0.2) is 0 Å². The molecule has 1 N–H and O–H groups in total. The number of carbonyl (C=O) groups is 2. The summed E-state index contributed by atoms with van der Waals surface area (Å²) in [5.41, 5.74) is 4.99. The summed E-state index contributed by atoms with van der Waals surface area (Å²) in [6.45, 7) is 2.56. The third-order valence-electron chi connectivity index (χ3n) is 5.06. The van der Waals surface area contributed by atoms with Crippen molar-refractivity contribution in [3.63, 3.8) is 0 Å². The molecule has 0 saturated carbocycles. The van der Waals surface area contributed by atoms with Crippen molar-refractivity contribution >= 4 is 17.6 Å². The zero-order valence-corrected chi connectivity index (χ0v) is 17.9. The molecule has 1 amide bonds. The number of anilines is 1. The van der Waals surface area contributed by atoms with Crippen LogP contribution in [-0.2, 0) is 11.3 Å². The van der Waals surface area contributed by atoms with E-state index >= 15 is 0 Å². The molecule has 0 fully saturated rings. The first kappa shape index (κ1) is 21.1. The molecule has 0 aliphatic rings. The lowest BCUT2D eigenvalue weighted by atomic mass is 10.1. The van der Waals surface area contributed by atoms with Crippen LogP contribution in [0.25, 0.3) is 11.3 Å². The molecule has 4 rings (SSSR count). The van der Waals surface area contributed by atoms with Gasteiger partial charge in [0.1, 0.15) is 5.69 Å². The number of amides is 1. The van der Waals surface area contributed by atoms with E-state index in [1.54, 1.807) is 35.1 Å². The highest BCUT2D eigenvalue weighted by molar-refractivity contribution is 6.08. The Morgan fingerprint density at radius 1 is 0.969 bits per heavy atom. The minimum absolute atomic E-state index is 0.304. The number of esters is 1. The zero-order valence-electron chi connectivity index (χ0n) is 17.9. The van der Waals surface area contributed by atoms with Crippen molar-refractivity contribution in [2.45, 2.75) is 13.5 Å². The van der Waals surface area contributed by atoms with Crippen LogP contribution in [0.5, 0.6) is 0 Å². The van der Waals surface area contributed by atoms with Crippen molar-refractivity contribution in [1.29, 1.82) is 0 Å². The predicted molar refractivity (Wildman–Crippen MR) is 124 cm³/mol. The smallest absolute Gasteiger partial charge is 0.337 e. The Hall–Kier alpha value is -4.19. The average molecular weight is 425 g/mol. The molecule has 0 unspecified atom stereocenters. The Labute approximate surface area is 186 Å². The predicted octanol–water partition coefficient (Wildman–Crippen LogP) is 4.95. The van der Waals surface area contributed by atoms with Gasteiger partial charge in [-0.05, 0) is 30.7 Å². The SMILES string of the molecule is COC(=O)c1cccc(NC(=O)c2cn(Cc3ccccc3)nc2-c2ccc(C)cc2)c1. The second kappa shape index (κ2) is 9.31. The summed E-state index contributed by atoms with van der Waals surface area (Å²) in [4.78, 5) is 25.0. The van der Waals surface area contributed by atoms with Crippen molar-refractivity contribution < 1.29 is 14.3 Å². The molecule has 1 heterocycles. The van der Waals surface area contributed by atoms with Crippen LogP contribution in [0.3, 0.4) is 0 Å². The maximum absolute atomic E-state index is 13.2. The van der Waals surface area contributed by atoms with Crippen LogP contribution < -0.4 is 5.32 Å². The number of nitrogens with one attached hydrogen (secondary N) is 1. The summed E-state index contributed by atoms with van der Waals surface area (Å²) in [7, 11) is 1.32. The van der Waals surface area contributed by atoms with Crippen molar-refractivity contribution in [3.05, 3.63) is 107 Å². The minimum atomic E-state index is -0.461. The standard InChI is InChI=1S/C26H23N3O3/c1-18-11-13-20(14-12-18)24-23(17-29(28-24)16-19-7-4-3-5-8-19)25(30)27-22-10-6-9-21(15-22)26(31)32-2/h3-15,17H,16H2,1-2H3,(H,27,30). The Morgan fingerprint density at radius 3 is 2.44 bits per heavy atom. The van der Waals surface area contributed by atoms with E-state index in [2.05, 4.69) is 5.32 Å².